The fraction of sp³-hybridized carbons (Fsp3) is 0.607. The standard InChI is InChI=1S/C12H23NO.C9H13.C7H9Si.Ti/c13-12(14)11-9-7-5-3-1-2-4-6-8-10-11;1-6-5-7(2)9(4)8(6)3;1-8-7-5-3-2-4-6-7;/h11H,1-10H2,(H2,13,14);6H,1-4H3;2-6,8H,1H3;/q;-1;;+2/p-1. The van der Waals surface area contributed by atoms with E-state index in [1.165, 1.54) is 60.4 Å². The summed E-state index contributed by atoms with van der Waals surface area (Å²) in [5.41, 5.74) is 11.4. The van der Waals surface area contributed by atoms with E-state index in [-0.39, 0.29) is 33.5 Å². The molecule has 3 rings (SSSR count). The Balaban J connectivity index is 0.000000466. The van der Waals surface area contributed by atoms with Crippen LogP contribution in [0.3, 0.4) is 0 Å². The van der Waals surface area contributed by atoms with Crippen LogP contribution in [0.15, 0.2) is 47.1 Å². The maximum Gasteiger partial charge on any atom is 2.00 e. The molecular weight excluding hydrogens is 442 g/mol. The van der Waals surface area contributed by atoms with Crippen molar-refractivity contribution < 1.29 is 26.5 Å². The van der Waals surface area contributed by atoms with Gasteiger partial charge >= 0.3 is 21.7 Å². The number of nitrogens with one attached hydrogen (secondary N) is 1. The van der Waals surface area contributed by atoms with Gasteiger partial charge in [-0.05, 0) is 12.8 Å². The van der Waals surface area contributed by atoms with Crippen molar-refractivity contribution in [2.24, 2.45) is 11.8 Å². The van der Waals surface area contributed by atoms with Gasteiger partial charge in [-0.3, -0.25) is 6.08 Å². The third-order valence-corrected chi connectivity index (χ3v) is 7.65. The Hall–Kier alpha value is -0.899. The van der Waals surface area contributed by atoms with Crippen LogP contribution in [0, 0.1) is 17.9 Å². The molecule has 175 valence electrons. The Bertz CT molecular complexity index is 687. The summed E-state index contributed by atoms with van der Waals surface area (Å²) in [5, 5.41) is 1.49. The smallest absolute Gasteiger partial charge is 0.668 e. The topological polar surface area (TPSA) is 40.9 Å². The van der Waals surface area contributed by atoms with Crippen molar-refractivity contribution in [2.45, 2.75) is 98.5 Å². The summed E-state index contributed by atoms with van der Waals surface area (Å²) in [4.78, 5) is 11.0. The number of carbonyl (C=O) groups is 1. The molecule has 1 unspecified atom stereocenters. The van der Waals surface area contributed by atoms with Crippen LogP contribution in [0.25, 0.3) is 5.73 Å². The molecule has 1 saturated carbocycles. The summed E-state index contributed by atoms with van der Waals surface area (Å²) in [5.74, 6) is 0.280. The van der Waals surface area contributed by atoms with Crippen molar-refractivity contribution in [3.05, 3.63) is 58.9 Å². The number of carbonyl (C=O) groups excluding carboxylic acids is 1. The zero-order valence-electron chi connectivity index (χ0n) is 21.1. The Morgan fingerprint density at radius 3 is 1.66 bits per heavy atom. The van der Waals surface area contributed by atoms with E-state index in [1.54, 1.807) is 0 Å². The predicted octanol–water partition coefficient (Wildman–Crippen LogP) is 7.61. The fourth-order valence-electron chi connectivity index (χ4n) is 4.06. The van der Waals surface area contributed by atoms with Gasteiger partial charge in [-0.1, -0.05) is 120 Å². The van der Waals surface area contributed by atoms with Gasteiger partial charge in [-0.15, -0.1) is 6.92 Å². The summed E-state index contributed by atoms with van der Waals surface area (Å²) >= 11 is 0. The molecule has 1 aromatic carbocycles. The molecule has 1 aromatic rings. The molecule has 2 aliphatic carbocycles. The Morgan fingerprint density at radius 1 is 0.906 bits per heavy atom. The Morgan fingerprint density at radius 2 is 1.38 bits per heavy atom. The van der Waals surface area contributed by atoms with Gasteiger partial charge in [0.1, 0.15) is 0 Å². The summed E-state index contributed by atoms with van der Waals surface area (Å²) < 4.78 is 0. The van der Waals surface area contributed by atoms with E-state index in [4.69, 9.17) is 5.73 Å². The largest absolute Gasteiger partial charge is 2.00 e. The van der Waals surface area contributed by atoms with Crippen molar-refractivity contribution in [1.29, 1.82) is 0 Å². The van der Waals surface area contributed by atoms with Gasteiger partial charge < -0.3 is 10.5 Å². The molecule has 1 N–H and O–H groups in total. The van der Waals surface area contributed by atoms with Gasteiger partial charge in [0, 0.05) is 5.92 Å². The number of rotatable bonds is 2. The second kappa shape index (κ2) is 18.5. The normalized spacial score (nSPS) is 19.8. The summed E-state index contributed by atoms with van der Waals surface area (Å²) in [6.07, 6.45) is 15.4. The quantitative estimate of drug-likeness (QED) is 0.313. The molecule has 2 aliphatic rings. The second-order valence-electron chi connectivity index (χ2n) is 8.97. The minimum absolute atomic E-state index is 0. The van der Waals surface area contributed by atoms with Crippen molar-refractivity contribution in [1.82, 2.24) is 0 Å². The zero-order valence-corrected chi connectivity index (χ0v) is 23.8. The second-order valence-corrected chi connectivity index (χ2v) is 10.2. The van der Waals surface area contributed by atoms with E-state index in [2.05, 4.69) is 70.6 Å². The molecule has 1 radical (unpaired) electrons. The molecule has 4 heteroatoms. The molecule has 0 heterocycles. The van der Waals surface area contributed by atoms with Gasteiger partial charge in [0.15, 0.2) is 0 Å². The van der Waals surface area contributed by atoms with Gasteiger partial charge in [-0.25, -0.2) is 5.57 Å². The number of allylic oxidation sites excluding steroid dienone is 4. The predicted molar refractivity (Wildman–Crippen MR) is 138 cm³/mol. The molecule has 0 spiro atoms. The minimum atomic E-state index is -0.329. The number of hydrogen-bond donors (Lipinski definition) is 0. The molecule has 0 saturated heterocycles. The molecule has 0 aliphatic heterocycles. The van der Waals surface area contributed by atoms with E-state index in [1.807, 2.05) is 0 Å². The first-order chi connectivity index (χ1) is 14.9. The average molecular weight is 487 g/mol. The molecule has 1 atom stereocenters. The van der Waals surface area contributed by atoms with Crippen molar-refractivity contribution in [3.8, 4) is 0 Å². The molecule has 0 bridgehead atoms. The maximum absolute atomic E-state index is 11.0. The number of hydrogen-bond acceptors (Lipinski definition) is 1. The first-order valence-corrected chi connectivity index (χ1v) is 14.0. The van der Waals surface area contributed by atoms with Crippen LogP contribution in [-0.4, -0.2) is 15.4 Å². The van der Waals surface area contributed by atoms with Gasteiger partial charge in [0.2, 0.25) is 0 Å². The Kier molecular flexibility index (Phi) is 18.0. The average Bonchev–Trinajstić information content (AvgIpc) is 2.98. The first-order valence-electron chi connectivity index (χ1n) is 12.2. The van der Waals surface area contributed by atoms with E-state index >= 15 is 0 Å². The van der Waals surface area contributed by atoms with E-state index in [0.717, 1.165) is 25.7 Å². The van der Waals surface area contributed by atoms with Crippen LogP contribution < -0.4 is 5.19 Å². The van der Waals surface area contributed by atoms with Crippen LogP contribution >= 0.6 is 0 Å². The van der Waals surface area contributed by atoms with Gasteiger partial charge in [-0.2, -0.15) is 11.1 Å². The number of benzene rings is 1. The monoisotopic (exact) mass is 486 g/mol. The van der Waals surface area contributed by atoms with Gasteiger partial charge in [0.25, 0.3) is 0 Å². The molecule has 32 heavy (non-hydrogen) atoms. The molecule has 0 aromatic heterocycles. The first kappa shape index (κ1) is 31.1. The third kappa shape index (κ3) is 13.0. The van der Waals surface area contributed by atoms with Crippen molar-refractivity contribution in [2.75, 3.05) is 0 Å². The summed E-state index contributed by atoms with van der Waals surface area (Å²) in [6, 6.07) is 10.6. The summed E-state index contributed by atoms with van der Waals surface area (Å²) in [6.45, 7) is 10.9. The van der Waals surface area contributed by atoms with Gasteiger partial charge in [0.05, 0.1) is 15.4 Å². The van der Waals surface area contributed by atoms with Crippen LogP contribution in [0.2, 0.25) is 6.55 Å². The van der Waals surface area contributed by atoms with Crippen LogP contribution in [0.4, 0.5) is 0 Å². The zero-order chi connectivity index (χ0) is 23.1. The molecule has 1 fully saturated rings. The summed E-state index contributed by atoms with van der Waals surface area (Å²) in [7, 11) is 0.511. The number of amides is 1. The fourth-order valence-corrected chi connectivity index (χ4v) is 4.66. The van der Waals surface area contributed by atoms with E-state index in [0.29, 0.717) is 15.4 Å². The molecular formula is C28H44NOSiTi. The maximum atomic E-state index is 11.0. The van der Waals surface area contributed by atoms with Crippen LogP contribution in [0.1, 0.15) is 91.9 Å². The van der Waals surface area contributed by atoms with Crippen LogP contribution in [0.5, 0.6) is 0 Å². The third-order valence-electron chi connectivity index (χ3n) is 6.60. The molecule has 1 amide bonds. The Labute approximate surface area is 215 Å². The van der Waals surface area contributed by atoms with Crippen molar-refractivity contribution in [3.63, 3.8) is 0 Å². The van der Waals surface area contributed by atoms with Crippen molar-refractivity contribution >= 4 is 20.6 Å². The SMILES string of the molecule is CC1=[C-]C(C)C(C)=C1C.C[SiH]c1ccccc1.[NH-]C(=O)C1CCCCCCCCCC1.[Ti+2]. The minimum Gasteiger partial charge on any atom is -0.668 e. The van der Waals surface area contributed by atoms with Crippen LogP contribution in [-0.2, 0) is 26.5 Å². The van der Waals surface area contributed by atoms with E-state index < -0.39 is 0 Å². The molecule has 2 nitrogen and oxygen atoms in total. The van der Waals surface area contributed by atoms with E-state index in [9.17, 15) is 4.79 Å².